The largest absolute Gasteiger partial charge is 0.435 e. The number of fused-ring (bicyclic) bond motifs is 10. The fraction of sp³-hybridized carbons (Fsp3) is 0.0545. The van der Waals surface area contributed by atoms with Gasteiger partial charge in [-0.15, -0.1) is 0 Å². The molecule has 0 radical (unpaired) electrons. The van der Waals surface area contributed by atoms with Gasteiger partial charge in [0.05, 0.1) is 0 Å². The standard InChI is InChI=1S/C55H36N4O/c1-55(2)45-16-10-9-15-43(45)44-29-25-39(32-46(44)55)33-17-22-37(23-18-33)52-57-51(36-11-5-3-6-12-36)58-53(59-52)41-26-28-42-40(31-41)24-21-34-19-20-35-27-30-47-50(49(35)48(34)42)60-54(56-47)38-13-7-4-8-14-38/h3-32H,1-2H3. The van der Waals surface area contributed by atoms with Gasteiger partial charge in [-0.05, 0) is 85.3 Å². The summed E-state index contributed by atoms with van der Waals surface area (Å²) in [6.45, 7) is 4.65. The molecule has 1 aliphatic rings. The molecule has 5 heteroatoms. The number of benzene rings is 9. The Morgan fingerprint density at radius 2 is 0.933 bits per heavy atom. The number of rotatable bonds is 5. The molecule has 1 aliphatic carbocycles. The van der Waals surface area contributed by atoms with Crippen molar-refractivity contribution in [2.45, 2.75) is 19.3 Å². The second-order valence-corrected chi connectivity index (χ2v) is 16.2. The van der Waals surface area contributed by atoms with Gasteiger partial charge in [0.25, 0.3) is 0 Å². The van der Waals surface area contributed by atoms with Crippen molar-refractivity contribution in [3.05, 3.63) is 193 Å². The first-order valence-electron chi connectivity index (χ1n) is 20.4. The van der Waals surface area contributed by atoms with Gasteiger partial charge >= 0.3 is 0 Å². The molecule has 282 valence electrons. The number of aromatic nitrogens is 4. The second kappa shape index (κ2) is 13.1. The Balaban J connectivity index is 0.958. The fourth-order valence-electron chi connectivity index (χ4n) is 9.24. The van der Waals surface area contributed by atoms with Crippen LogP contribution in [0.25, 0.3) is 111 Å². The van der Waals surface area contributed by atoms with E-state index in [0.29, 0.717) is 23.4 Å². The first-order valence-corrected chi connectivity index (χ1v) is 20.4. The van der Waals surface area contributed by atoms with Crippen LogP contribution in [-0.4, -0.2) is 19.9 Å². The van der Waals surface area contributed by atoms with Gasteiger partial charge in [-0.3, -0.25) is 0 Å². The first kappa shape index (κ1) is 34.3. The van der Waals surface area contributed by atoms with Gasteiger partial charge in [0.2, 0.25) is 5.89 Å². The van der Waals surface area contributed by atoms with Gasteiger partial charge in [0.1, 0.15) is 5.52 Å². The maximum atomic E-state index is 6.56. The van der Waals surface area contributed by atoms with E-state index in [1.54, 1.807) is 0 Å². The van der Waals surface area contributed by atoms with E-state index in [2.05, 4.69) is 129 Å². The first-order chi connectivity index (χ1) is 29.5. The van der Waals surface area contributed by atoms with E-state index in [1.165, 1.54) is 27.8 Å². The highest BCUT2D eigenvalue weighted by molar-refractivity contribution is 6.26. The second-order valence-electron chi connectivity index (χ2n) is 16.2. The minimum atomic E-state index is -0.0589. The van der Waals surface area contributed by atoms with Crippen molar-refractivity contribution >= 4 is 43.4 Å². The van der Waals surface area contributed by atoms with E-state index in [9.17, 15) is 0 Å². The highest BCUT2D eigenvalue weighted by Gasteiger charge is 2.35. The summed E-state index contributed by atoms with van der Waals surface area (Å²) in [5.74, 6) is 2.49. The molecular weight excluding hydrogens is 733 g/mol. The highest BCUT2D eigenvalue weighted by Crippen LogP contribution is 2.49. The monoisotopic (exact) mass is 768 g/mol. The molecule has 0 atom stereocenters. The van der Waals surface area contributed by atoms with Crippen LogP contribution in [0.2, 0.25) is 0 Å². The Kier molecular flexibility index (Phi) is 7.51. The van der Waals surface area contributed by atoms with Crippen molar-refractivity contribution in [3.63, 3.8) is 0 Å². The quantitative estimate of drug-likeness (QED) is 0.163. The molecule has 0 saturated carbocycles. The van der Waals surface area contributed by atoms with Gasteiger partial charge in [0.15, 0.2) is 23.1 Å². The van der Waals surface area contributed by atoms with Crippen LogP contribution in [0.1, 0.15) is 25.0 Å². The van der Waals surface area contributed by atoms with E-state index < -0.39 is 0 Å². The van der Waals surface area contributed by atoms with Gasteiger partial charge < -0.3 is 4.42 Å². The van der Waals surface area contributed by atoms with Crippen LogP contribution in [0.3, 0.4) is 0 Å². The molecule has 9 aromatic carbocycles. The lowest BCUT2D eigenvalue weighted by atomic mass is 9.81. The molecule has 12 rings (SSSR count). The van der Waals surface area contributed by atoms with E-state index in [1.807, 2.05) is 66.7 Å². The summed E-state index contributed by atoms with van der Waals surface area (Å²) in [5, 5.41) is 6.65. The Morgan fingerprint density at radius 1 is 0.383 bits per heavy atom. The molecule has 0 unspecified atom stereocenters. The molecule has 0 bridgehead atoms. The Morgan fingerprint density at radius 3 is 1.68 bits per heavy atom. The molecule has 0 saturated heterocycles. The summed E-state index contributed by atoms with van der Waals surface area (Å²) in [4.78, 5) is 20.2. The number of nitrogens with zero attached hydrogens (tertiary/aromatic N) is 4. The molecule has 60 heavy (non-hydrogen) atoms. The zero-order chi connectivity index (χ0) is 40.0. The zero-order valence-electron chi connectivity index (χ0n) is 33.0. The molecule has 2 aromatic heterocycles. The van der Waals surface area contributed by atoms with Gasteiger partial charge in [0, 0.05) is 38.4 Å². The smallest absolute Gasteiger partial charge is 0.227 e. The number of hydrogen-bond acceptors (Lipinski definition) is 5. The van der Waals surface area contributed by atoms with E-state index in [4.69, 9.17) is 24.4 Å². The van der Waals surface area contributed by atoms with Crippen LogP contribution in [0.4, 0.5) is 0 Å². The van der Waals surface area contributed by atoms with Crippen LogP contribution < -0.4 is 0 Å². The SMILES string of the molecule is CC1(C)c2ccccc2-c2ccc(-c3ccc(-c4nc(-c5ccccc5)nc(-c5ccc6c(ccc7ccc8ccc9nc(-c%10ccccc%10)oc9c8c76)c5)n4)cc3)cc21. The average Bonchev–Trinajstić information content (AvgIpc) is 3.85. The van der Waals surface area contributed by atoms with Gasteiger partial charge in [-0.2, -0.15) is 0 Å². The van der Waals surface area contributed by atoms with Crippen molar-refractivity contribution < 1.29 is 4.42 Å². The predicted molar refractivity (Wildman–Crippen MR) is 245 cm³/mol. The fourth-order valence-corrected chi connectivity index (χ4v) is 9.24. The Hall–Kier alpha value is -7.76. The maximum absolute atomic E-state index is 6.56. The summed E-state index contributed by atoms with van der Waals surface area (Å²) in [6.07, 6.45) is 0. The maximum Gasteiger partial charge on any atom is 0.227 e. The topological polar surface area (TPSA) is 64.7 Å². The van der Waals surface area contributed by atoms with Crippen LogP contribution in [0, 0.1) is 0 Å². The summed E-state index contributed by atoms with van der Waals surface area (Å²) in [5.41, 5.74) is 13.0. The third-order valence-electron chi connectivity index (χ3n) is 12.3. The average molecular weight is 769 g/mol. The number of oxazole rings is 1. The molecule has 0 N–H and O–H groups in total. The lowest BCUT2D eigenvalue weighted by molar-refractivity contribution is 0.623. The summed E-state index contributed by atoms with van der Waals surface area (Å²) in [6, 6.07) is 63.9. The van der Waals surface area contributed by atoms with Crippen molar-refractivity contribution in [2.24, 2.45) is 0 Å². The summed E-state index contributed by atoms with van der Waals surface area (Å²) < 4.78 is 6.56. The third kappa shape index (κ3) is 5.40. The van der Waals surface area contributed by atoms with Gasteiger partial charge in [-0.25, -0.2) is 19.9 Å². The molecule has 0 fully saturated rings. The molecule has 0 spiro atoms. The van der Waals surface area contributed by atoms with E-state index in [0.717, 1.165) is 71.2 Å². The van der Waals surface area contributed by atoms with Gasteiger partial charge in [-0.1, -0.05) is 166 Å². The summed E-state index contributed by atoms with van der Waals surface area (Å²) in [7, 11) is 0. The van der Waals surface area contributed by atoms with Crippen LogP contribution in [0.15, 0.2) is 186 Å². The molecule has 0 aliphatic heterocycles. The summed E-state index contributed by atoms with van der Waals surface area (Å²) >= 11 is 0. The third-order valence-corrected chi connectivity index (χ3v) is 12.3. The minimum Gasteiger partial charge on any atom is -0.435 e. The molecule has 5 nitrogen and oxygen atoms in total. The Bertz CT molecular complexity index is 3500. The highest BCUT2D eigenvalue weighted by atomic mass is 16.3. The lowest BCUT2D eigenvalue weighted by Gasteiger charge is -2.22. The zero-order valence-corrected chi connectivity index (χ0v) is 33.0. The van der Waals surface area contributed by atoms with Crippen molar-refractivity contribution in [1.82, 2.24) is 19.9 Å². The van der Waals surface area contributed by atoms with Crippen LogP contribution >= 0.6 is 0 Å². The lowest BCUT2D eigenvalue weighted by Crippen LogP contribution is -2.14. The molecule has 2 heterocycles. The van der Waals surface area contributed by atoms with E-state index >= 15 is 0 Å². The van der Waals surface area contributed by atoms with Crippen molar-refractivity contribution in [1.29, 1.82) is 0 Å². The van der Waals surface area contributed by atoms with Crippen molar-refractivity contribution in [2.75, 3.05) is 0 Å². The normalized spacial score (nSPS) is 13.0. The molecular formula is C55H36N4O. The predicted octanol–water partition coefficient (Wildman–Crippen LogP) is 14.1. The van der Waals surface area contributed by atoms with Crippen LogP contribution in [-0.2, 0) is 5.41 Å². The van der Waals surface area contributed by atoms with E-state index in [-0.39, 0.29) is 5.41 Å². The molecule has 0 amide bonds. The molecule has 11 aromatic rings. The van der Waals surface area contributed by atoms with Crippen LogP contribution in [0.5, 0.6) is 0 Å². The minimum absolute atomic E-state index is 0.0589. The van der Waals surface area contributed by atoms with Crippen molar-refractivity contribution in [3.8, 4) is 67.9 Å². The Labute approximate surface area is 346 Å². The number of hydrogen-bond donors (Lipinski definition) is 0.